The summed E-state index contributed by atoms with van der Waals surface area (Å²) in [6.45, 7) is 5.86. The third-order valence-electron chi connectivity index (χ3n) is 5.90. The van der Waals surface area contributed by atoms with Crippen LogP contribution in [0.5, 0.6) is 0 Å². The molecule has 0 spiro atoms. The van der Waals surface area contributed by atoms with Crippen molar-refractivity contribution >= 4 is 45.1 Å². The first-order chi connectivity index (χ1) is 17.9. The number of hydrogen-bond acceptors (Lipinski definition) is 9. The normalized spacial score (nSPS) is 12.7. The Morgan fingerprint density at radius 2 is 2.11 bits per heavy atom. The molecule has 5 rings (SSSR count). The van der Waals surface area contributed by atoms with Crippen molar-refractivity contribution in [2.45, 2.75) is 33.2 Å². The first kappa shape index (κ1) is 24.1. The second-order valence-corrected chi connectivity index (χ2v) is 9.30. The maximum absolute atomic E-state index is 13.5. The molecular formula is C25H24N8O3S. The Kier molecular flexibility index (Phi) is 6.40. The van der Waals surface area contributed by atoms with Gasteiger partial charge in [0.25, 0.3) is 11.5 Å². The Labute approximate surface area is 215 Å². The van der Waals surface area contributed by atoms with Crippen molar-refractivity contribution in [3.05, 3.63) is 76.0 Å². The second-order valence-electron chi connectivity index (χ2n) is 8.48. The van der Waals surface area contributed by atoms with E-state index in [2.05, 4.69) is 29.8 Å². The number of aromatic nitrogens is 5. The lowest BCUT2D eigenvalue weighted by Gasteiger charge is -2.09. The van der Waals surface area contributed by atoms with Gasteiger partial charge in [-0.1, -0.05) is 18.1 Å². The van der Waals surface area contributed by atoms with Crippen molar-refractivity contribution < 1.29 is 9.32 Å². The van der Waals surface area contributed by atoms with Crippen molar-refractivity contribution in [2.24, 2.45) is 10.7 Å². The monoisotopic (exact) mass is 516 g/mol. The highest BCUT2D eigenvalue weighted by Crippen LogP contribution is 2.26. The number of nitrogens with one attached hydrogen (secondary N) is 2. The molecule has 4 N–H and O–H groups in total. The van der Waals surface area contributed by atoms with Crippen molar-refractivity contribution in [1.29, 1.82) is 0 Å². The van der Waals surface area contributed by atoms with Crippen molar-refractivity contribution in [3.63, 3.8) is 0 Å². The van der Waals surface area contributed by atoms with Gasteiger partial charge in [0.15, 0.2) is 0 Å². The Morgan fingerprint density at radius 1 is 1.27 bits per heavy atom. The molecule has 0 saturated heterocycles. The van der Waals surface area contributed by atoms with Crippen LogP contribution in [0.3, 0.4) is 0 Å². The molecule has 0 saturated carbocycles. The zero-order chi connectivity index (χ0) is 26.1. The third-order valence-corrected chi connectivity index (χ3v) is 6.70. The van der Waals surface area contributed by atoms with Crippen molar-refractivity contribution in [2.75, 3.05) is 5.32 Å². The third kappa shape index (κ3) is 4.66. The summed E-state index contributed by atoms with van der Waals surface area (Å²) >= 11 is 1.09. The van der Waals surface area contributed by atoms with Crippen LogP contribution in [-0.4, -0.2) is 41.8 Å². The van der Waals surface area contributed by atoms with Crippen LogP contribution in [0.2, 0.25) is 0 Å². The van der Waals surface area contributed by atoms with E-state index >= 15 is 0 Å². The van der Waals surface area contributed by atoms with Crippen LogP contribution >= 0.6 is 11.5 Å². The Morgan fingerprint density at radius 3 is 2.86 bits per heavy atom. The zero-order valence-corrected chi connectivity index (χ0v) is 21.2. The molecule has 188 valence electrons. The Balaban J connectivity index is 1.48. The molecule has 0 radical (unpaired) electrons. The summed E-state index contributed by atoms with van der Waals surface area (Å²) in [6, 6.07) is 10.5. The molecule has 0 aliphatic rings. The van der Waals surface area contributed by atoms with E-state index in [1.54, 1.807) is 30.5 Å². The number of hydrogen-bond donors (Lipinski definition) is 3. The van der Waals surface area contributed by atoms with E-state index in [9.17, 15) is 9.59 Å². The minimum Gasteiger partial charge on any atom is -0.383 e. The van der Waals surface area contributed by atoms with Gasteiger partial charge in [-0.25, -0.2) is 9.97 Å². The van der Waals surface area contributed by atoms with Gasteiger partial charge in [0.2, 0.25) is 0 Å². The minimum absolute atomic E-state index is 0.0235. The van der Waals surface area contributed by atoms with Gasteiger partial charge in [0.05, 0.1) is 5.69 Å². The molecule has 0 aliphatic carbocycles. The number of carbonyl (C=O) groups is 1. The van der Waals surface area contributed by atoms with Crippen LogP contribution in [0.25, 0.3) is 22.4 Å². The molecule has 1 unspecified atom stereocenters. The lowest BCUT2D eigenvalue weighted by atomic mass is 10.1. The molecule has 0 aromatic carbocycles. The average Bonchev–Trinajstić information content (AvgIpc) is 3.64. The van der Waals surface area contributed by atoms with E-state index in [-0.39, 0.29) is 34.6 Å². The largest absolute Gasteiger partial charge is 0.383 e. The molecule has 12 heteroatoms. The minimum atomic E-state index is -0.358. The van der Waals surface area contributed by atoms with Gasteiger partial charge in [0, 0.05) is 23.7 Å². The van der Waals surface area contributed by atoms with Crippen LogP contribution in [0.15, 0.2) is 63.2 Å². The predicted molar refractivity (Wildman–Crippen MR) is 143 cm³/mol. The number of aromatic amines is 1. The number of aryl methyl sites for hydroxylation is 1. The summed E-state index contributed by atoms with van der Waals surface area (Å²) < 4.78 is 9.07. The number of pyridine rings is 2. The summed E-state index contributed by atoms with van der Waals surface area (Å²) in [5, 5.41) is 8.36. The number of H-pyrrole nitrogens is 1. The van der Waals surface area contributed by atoms with Gasteiger partial charge in [-0.2, -0.15) is 0 Å². The Hall–Kier alpha value is -4.58. The quantitative estimate of drug-likeness (QED) is 0.216. The fourth-order valence-electron chi connectivity index (χ4n) is 3.79. The summed E-state index contributed by atoms with van der Waals surface area (Å²) in [6.07, 6.45) is 3.93. The van der Waals surface area contributed by atoms with Gasteiger partial charge in [-0.05, 0) is 61.6 Å². The SMILES string of the molecule is CCC(C)N=C(N)c1c(Nc2cccc(C(=O)n3ccc4c(C)cc(-c5ccon5)nc43)n2)s[nH]c1=O. The summed E-state index contributed by atoms with van der Waals surface area (Å²) in [7, 11) is 0. The molecule has 11 nitrogen and oxygen atoms in total. The number of aliphatic imine (C=N–C) groups is 1. The number of nitrogens with two attached hydrogens (primary N) is 1. The number of rotatable bonds is 7. The summed E-state index contributed by atoms with van der Waals surface area (Å²) in [5.41, 5.74) is 8.84. The van der Waals surface area contributed by atoms with E-state index in [4.69, 9.17) is 10.3 Å². The number of fused-ring (bicyclic) bond motifs is 1. The zero-order valence-electron chi connectivity index (χ0n) is 20.3. The van der Waals surface area contributed by atoms with Crippen molar-refractivity contribution in [3.8, 4) is 11.4 Å². The number of anilines is 2. The standard InChI is InChI=1S/C25H24N8O3S/c1-4-14(3)27-21(26)20-23(34)32-37-24(20)30-19-7-5-6-17(28-19)25(35)33-10-8-15-13(2)12-18(29-22(15)33)16-9-11-36-31-16/h5-12,14H,4H2,1-3H3,(H2,26,27)(H,28,30)(H,32,34). The topological polar surface area (TPSA) is 157 Å². The molecule has 5 heterocycles. The highest BCUT2D eigenvalue weighted by molar-refractivity contribution is 7.10. The van der Waals surface area contributed by atoms with E-state index in [1.165, 1.54) is 10.8 Å². The molecule has 1 atom stereocenters. The summed E-state index contributed by atoms with van der Waals surface area (Å²) in [4.78, 5) is 39.4. The van der Waals surface area contributed by atoms with Gasteiger partial charge >= 0.3 is 0 Å². The fourth-order valence-corrected chi connectivity index (χ4v) is 4.55. The molecule has 0 fully saturated rings. The van der Waals surface area contributed by atoms with Crippen LogP contribution in [0, 0.1) is 6.92 Å². The van der Waals surface area contributed by atoms with E-state index in [0.717, 1.165) is 28.9 Å². The number of nitrogens with zero attached hydrogens (tertiary/aromatic N) is 5. The number of amidine groups is 1. The highest BCUT2D eigenvalue weighted by Gasteiger charge is 2.19. The lowest BCUT2D eigenvalue weighted by molar-refractivity contribution is 0.0959. The maximum Gasteiger partial charge on any atom is 0.282 e. The van der Waals surface area contributed by atoms with Crippen LogP contribution in [0.1, 0.15) is 41.9 Å². The molecule has 0 aliphatic heterocycles. The summed E-state index contributed by atoms with van der Waals surface area (Å²) in [5.74, 6) is 0.167. The molecule has 0 bridgehead atoms. The second kappa shape index (κ2) is 9.82. The van der Waals surface area contributed by atoms with Crippen molar-refractivity contribution in [1.82, 2.24) is 24.1 Å². The fraction of sp³-hybridized carbons (Fsp3) is 0.200. The molecule has 0 amide bonds. The smallest absolute Gasteiger partial charge is 0.282 e. The van der Waals surface area contributed by atoms with Gasteiger partial charge in [-0.15, -0.1) is 0 Å². The molecule has 37 heavy (non-hydrogen) atoms. The maximum atomic E-state index is 13.5. The van der Waals surface area contributed by atoms with Gasteiger partial charge < -0.3 is 15.6 Å². The Bertz CT molecular complexity index is 1680. The van der Waals surface area contributed by atoms with E-state index in [0.29, 0.717) is 27.9 Å². The van der Waals surface area contributed by atoms with E-state index < -0.39 is 0 Å². The first-order valence-corrected chi connectivity index (χ1v) is 12.4. The van der Waals surface area contributed by atoms with Gasteiger partial charge in [0.1, 0.15) is 45.5 Å². The van der Waals surface area contributed by atoms with Gasteiger partial charge in [-0.3, -0.25) is 23.5 Å². The van der Waals surface area contributed by atoms with E-state index in [1.807, 2.05) is 32.9 Å². The predicted octanol–water partition coefficient (Wildman–Crippen LogP) is 4.08. The lowest BCUT2D eigenvalue weighted by Crippen LogP contribution is -2.24. The highest BCUT2D eigenvalue weighted by atomic mass is 32.1. The van der Waals surface area contributed by atoms with Crippen LogP contribution in [-0.2, 0) is 0 Å². The van der Waals surface area contributed by atoms with Crippen LogP contribution in [0.4, 0.5) is 10.8 Å². The first-order valence-electron chi connectivity index (χ1n) is 11.6. The number of carbonyl (C=O) groups excluding carboxylic acids is 1. The molecule has 5 aromatic heterocycles. The average molecular weight is 517 g/mol. The molecule has 5 aromatic rings. The van der Waals surface area contributed by atoms with Crippen LogP contribution < -0.4 is 16.6 Å². The molecular weight excluding hydrogens is 492 g/mol.